The van der Waals surface area contributed by atoms with Crippen molar-refractivity contribution in [1.29, 1.82) is 0 Å². The van der Waals surface area contributed by atoms with E-state index in [1.165, 1.54) is 11.8 Å². The van der Waals surface area contributed by atoms with Gasteiger partial charge in [0.1, 0.15) is 22.9 Å². The van der Waals surface area contributed by atoms with E-state index in [-0.39, 0.29) is 18.1 Å². The molecule has 3 aromatic carbocycles. The number of methoxy groups -OCH3 is 2. The van der Waals surface area contributed by atoms with Gasteiger partial charge in [0.2, 0.25) is 11.1 Å². The number of Topliss-reactive ketones (excluding diaryl/α,β-unsaturated/α-hetero) is 1. The molecule has 1 atom stereocenters. The van der Waals surface area contributed by atoms with Crippen LogP contribution in [0, 0.1) is 0 Å². The molecule has 1 N–H and O–H groups in total. The maximum absolute atomic E-state index is 13.2. The minimum atomic E-state index is -0.458. The highest BCUT2D eigenvalue weighted by Crippen LogP contribution is 2.33. The number of nitrogens with one attached hydrogen (secondary N) is 1. The lowest BCUT2D eigenvalue weighted by molar-refractivity contribution is -0.115. The average Bonchev–Trinajstić information content (AvgIpc) is 3.32. The number of carbonyl (C=O) groups is 2. The molecule has 0 fully saturated rings. The lowest BCUT2D eigenvalue weighted by atomic mass is 10.0. The topological polar surface area (TPSA) is 103 Å². The quantitative estimate of drug-likeness (QED) is 0.258. The molecule has 0 unspecified atom stereocenters. The minimum Gasteiger partial charge on any atom is -0.497 e. The number of amides is 1. The minimum absolute atomic E-state index is 0.0653. The third-order valence-corrected chi connectivity index (χ3v) is 7.01. The summed E-state index contributed by atoms with van der Waals surface area (Å²) in [6.45, 7) is 1.82. The van der Waals surface area contributed by atoms with Crippen molar-refractivity contribution in [1.82, 2.24) is 15.2 Å². The number of benzene rings is 3. The Morgan fingerprint density at radius 1 is 0.892 bits per heavy atom. The molecule has 4 aromatic rings. The summed E-state index contributed by atoms with van der Waals surface area (Å²) in [5, 5.41) is 11.6. The summed E-state index contributed by atoms with van der Waals surface area (Å²) in [7, 11) is 3.24. The number of ketones is 1. The molecule has 1 aromatic heterocycles. The van der Waals surface area contributed by atoms with Gasteiger partial charge in [-0.25, -0.2) is 4.98 Å². The van der Waals surface area contributed by atoms with Crippen molar-refractivity contribution in [3.8, 4) is 34.0 Å². The Balaban J connectivity index is 1.45. The van der Waals surface area contributed by atoms with Gasteiger partial charge in [-0.3, -0.25) is 9.59 Å². The van der Waals surface area contributed by atoms with Gasteiger partial charge in [0.15, 0.2) is 5.78 Å². The summed E-state index contributed by atoms with van der Waals surface area (Å²) in [6, 6.07) is 20.4. The largest absolute Gasteiger partial charge is 0.497 e. The van der Waals surface area contributed by atoms with Gasteiger partial charge in [-0.15, -0.1) is 10.2 Å². The SMILES string of the molecule is COc1ccc(-c2nnc(S[C@@H](C)C(=O)c3ccc4c(c3)CC(=O)N4)nc2-c2ccc(OC)cc2)cc1. The smallest absolute Gasteiger partial charge is 0.228 e. The Bertz CT molecular complexity index is 1470. The zero-order valence-corrected chi connectivity index (χ0v) is 21.3. The zero-order valence-electron chi connectivity index (χ0n) is 20.5. The van der Waals surface area contributed by atoms with E-state index in [2.05, 4.69) is 15.5 Å². The predicted octanol–water partition coefficient (Wildman–Crippen LogP) is 5.08. The summed E-state index contributed by atoms with van der Waals surface area (Å²) in [6.07, 6.45) is 0.281. The second kappa shape index (κ2) is 10.4. The second-order valence-electron chi connectivity index (χ2n) is 8.47. The van der Waals surface area contributed by atoms with Crippen LogP contribution in [0.15, 0.2) is 71.9 Å². The predicted molar refractivity (Wildman–Crippen MR) is 142 cm³/mol. The molecule has 0 saturated carbocycles. The molecule has 1 amide bonds. The van der Waals surface area contributed by atoms with Crippen LogP contribution in [0.1, 0.15) is 22.8 Å². The number of aromatic nitrogens is 3. The van der Waals surface area contributed by atoms with Gasteiger partial charge in [-0.05, 0) is 79.2 Å². The zero-order chi connectivity index (χ0) is 25.9. The first kappa shape index (κ1) is 24.5. The van der Waals surface area contributed by atoms with Gasteiger partial charge >= 0.3 is 0 Å². The van der Waals surface area contributed by atoms with Gasteiger partial charge < -0.3 is 14.8 Å². The van der Waals surface area contributed by atoms with E-state index >= 15 is 0 Å². The van der Waals surface area contributed by atoms with Crippen LogP contribution >= 0.6 is 11.8 Å². The fraction of sp³-hybridized carbons (Fsp3) is 0.179. The highest BCUT2D eigenvalue weighted by atomic mass is 32.2. The Labute approximate surface area is 218 Å². The van der Waals surface area contributed by atoms with E-state index in [4.69, 9.17) is 14.5 Å². The van der Waals surface area contributed by atoms with Crippen molar-refractivity contribution in [2.45, 2.75) is 23.8 Å². The second-order valence-corrected chi connectivity index (χ2v) is 9.78. The molecule has 0 radical (unpaired) electrons. The Hall–Kier alpha value is -4.24. The number of nitrogens with zero attached hydrogens (tertiary/aromatic N) is 3. The fourth-order valence-electron chi connectivity index (χ4n) is 4.08. The van der Waals surface area contributed by atoms with Crippen molar-refractivity contribution in [3.63, 3.8) is 0 Å². The molecule has 37 heavy (non-hydrogen) atoms. The molecule has 0 saturated heterocycles. The Kier molecular flexibility index (Phi) is 6.87. The summed E-state index contributed by atoms with van der Waals surface area (Å²) in [5.41, 5.74) is 5.09. The van der Waals surface area contributed by atoms with Gasteiger partial charge in [-0.2, -0.15) is 0 Å². The monoisotopic (exact) mass is 512 g/mol. The molecule has 0 spiro atoms. The average molecular weight is 513 g/mol. The van der Waals surface area contributed by atoms with Crippen molar-refractivity contribution < 1.29 is 19.1 Å². The van der Waals surface area contributed by atoms with E-state index in [1.54, 1.807) is 32.4 Å². The van der Waals surface area contributed by atoms with Crippen molar-refractivity contribution >= 4 is 29.1 Å². The lowest BCUT2D eigenvalue weighted by Gasteiger charge is -2.13. The molecular formula is C28H24N4O4S. The van der Waals surface area contributed by atoms with Crippen LogP contribution in [-0.4, -0.2) is 46.3 Å². The highest BCUT2D eigenvalue weighted by Gasteiger charge is 2.23. The lowest BCUT2D eigenvalue weighted by Crippen LogP contribution is -2.14. The van der Waals surface area contributed by atoms with Crippen molar-refractivity contribution in [2.24, 2.45) is 0 Å². The summed E-state index contributed by atoms with van der Waals surface area (Å²) >= 11 is 1.25. The van der Waals surface area contributed by atoms with Gasteiger partial charge in [0.25, 0.3) is 0 Å². The van der Waals surface area contributed by atoms with Gasteiger partial charge in [0.05, 0.1) is 25.9 Å². The van der Waals surface area contributed by atoms with Crippen LogP contribution in [0.4, 0.5) is 5.69 Å². The number of anilines is 1. The Morgan fingerprint density at radius 3 is 2.14 bits per heavy atom. The number of hydrogen-bond donors (Lipinski definition) is 1. The molecule has 1 aliphatic rings. The maximum atomic E-state index is 13.2. The van der Waals surface area contributed by atoms with Crippen LogP contribution in [0.3, 0.4) is 0 Å². The van der Waals surface area contributed by atoms with E-state index in [0.29, 0.717) is 22.1 Å². The Morgan fingerprint density at radius 2 is 1.51 bits per heavy atom. The van der Waals surface area contributed by atoms with Gasteiger partial charge in [-0.1, -0.05) is 11.8 Å². The molecule has 5 rings (SSSR count). The number of carbonyl (C=O) groups excluding carboxylic acids is 2. The highest BCUT2D eigenvalue weighted by molar-refractivity contribution is 8.00. The fourth-order valence-corrected chi connectivity index (χ4v) is 4.87. The first-order valence-electron chi connectivity index (χ1n) is 11.6. The number of hydrogen-bond acceptors (Lipinski definition) is 8. The third-order valence-electron chi connectivity index (χ3n) is 6.06. The van der Waals surface area contributed by atoms with E-state index in [1.807, 2.05) is 55.5 Å². The molecule has 8 nitrogen and oxygen atoms in total. The maximum Gasteiger partial charge on any atom is 0.228 e. The molecule has 0 aliphatic carbocycles. The van der Waals surface area contributed by atoms with Crippen LogP contribution in [0.2, 0.25) is 0 Å². The van der Waals surface area contributed by atoms with E-state index in [0.717, 1.165) is 33.9 Å². The van der Waals surface area contributed by atoms with E-state index < -0.39 is 5.25 Å². The number of rotatable bonds is 8. The van der Waals surface area contributed by atoms with E-state index in [9.17, 15) is 9.59 Å². The van der Waals surface area contributed by atoms with Crippen LogP contribution in [-0.2, 0) is 11.2 Å². The number of thioether (sulfide) groups is 1. The van der Waals surface area contributed by atoms with Crippen LogP contribution in [0.5, 0.6) is 11.5 Å². The molecule has 2 heterocycles. The number of fused-ring (bicyclic) bond motifs is 1. The first-order valence-corrected chi connectivity index (χ1v) is 12.5. The van der Waals surface area contributed by atoms with Crippen molar-refractivity contribution in [2.75, 3.05) is 19.5 Å². The summed E-state index contributed by atoms with van der Waals surface area (Å²) < 4.78 is 10.6. The molecule has 186 valence electrons. The molecule has 9 heteroatoms. The normalized spacial score (nSPS) is 13.0. The molecule has 0 bridgehead atoms. The summed E-state index contributed by atoms with van der Waals surface area (Å²) in [5.74, 6) is 1.34. The van der Waals surface area contributed by atoms with Crippen LogP contribution < -0.4 is 14.8 Å². The molecular weight excluding hydrogens is 488 g/mol. The standard InChI is InChI=1S/C28H24N4O4S/c1-16(27(34)19-8-13-23-20(14-19)15-24(33)29-23)37-28-30-25(17-4-9-21(35-2)10-5-17)26(31-32-28)18-6-11-22(36-3)12-7-18/h4-14,16H,15H2,1-3H3,(H,29,33)/t16-/m0/s1. The van der Waals surface area contributed by atoms with Gasteiger partial charge in [0, 0.05) is 22.4 Å². The first-order chi connectivity index (χ1) is 17.9. The summed E-state index contributed by atoms with van der Waals surface area (Å²) in [4.78, 5) is 29.7. The third kappa shape index (κ3) is 5.17. The molecule has 1 aliphatic heterocycles. The number of ether oxygens (including phenoxy) is 2. The van der Waals surface area contributed by atoms with Crippen molar-refractivity contribution in [3.05, 3.63) is 77.9 Å². The van der Waals surface area contributed by atoms with Crippen LogP contribution in [0.25, 0.3) is 22.5 Å².